The van der Waals surface area contributed by atoms with E-state index in [9.17, 15) is 5.11 Å². The van der Waals surface area contributed by atoms with Gasteiger partial charge < -0.3 is 10.4 Å². The van der Waals surface area contributed by atoms with Crippen LogP contribution in [0.1, 0.15) is 11.7 Å². The molecule has 3 heteroatoms. The molecule has 13 heavy (non-hydrogen) atoms. The summed E-state index contributed by atoms with van der Waals surface area (Å²) in [4.78, 5) is 0. The van der Waals surface area contributed by atoms with Crippen molar-refractivity contribution in [3.05, 3.63) is 34.9 Å². The zero-order chi connectivity index (χ0) is 9.26. The molecule has 1 aromatic carbocycles. The molecule has 0 aromatic heterocycles. The van der Waals surface area contributed by atoms with Crippen LogP contribution in [-0.2, 0) is 0 Å². The Labute approximate surface area is 82.5 Å². The lowest BCUT2D eigenvalue weighted by molar-refractivity contribution is 0.0767. The molecular weight excluding hydrogens is 186 g/mol. The minimum atomic E-state index is -0.375. The zero-order valence-corrected chi connectivity index (χ0v) is 7.96. The molecular formula is C10H12ClNO. The summed E-state index contributed by atoms with van der Waals surface area (Å²) >= 11 is 5.83. The average molecular weight is 198 g/mol. The molecule has 1 saturated heterocycles. The number of hydrogen-bond donors (Lipinski definition) is 2. The molecule has 0 aliphatic carbocycles. The van der Waals surface area contributed by atoms with Crippen LogP contribution < -0.4 is 5.32 Å². The fourth-order valence-corrected chi connectivity index (χ4v) is 1.70. The summed E-state index contributed by atoms with van der Waals surface area (Å²) in [6.07, 6.45) is -0.375. The van der Waals surface area contributed by atoms with E-state index in [1.54, 1.807) is 0 Å². The van der Waals surface area contributed by atoms with Gasteiger partial charge >= 0.3 is 0 Å². The maximum Gasteiger partial charge on any atom is 0.0843 e. The van der Waals surface area contributed by atoms with Crippen LogP contribution in [0.2, 0.25) is 5.02 Å². The van der Waals surface area contributed by atoms with E-state index in [1.165, 1.54) is 0 Å². The molecule has 2 rings (SSSR count). The molecule has 0 bridgehead atoms. The highest BCUT2D eigenvalue weighted by atomic mass is 35.5. The maximum atomic E-state index is 9.87. The minimum Gasteiger partial charge on any atom is -0.388 e. The Hall–Kier alpha value is -0.570. The fraction of sp³-hybridized carbons (Fsp3) is 0.400. The van der Waals surface area contributed by atoms with Gasteiger partial charge in [0.25, 0.3) is 0 Å². The van der Waals surface area contributed by atoms with Gasteiger partial charge in [-0.25, -0.2) is 0 Å². The molecule has 0 radical (unpaired) electrons. The van der Waals surface area contributed by atoms with E-state index in [0.717, 1.165) is 18.7 Å². The first-order chi connectivity index (χ1) is 6.27. The van der Waals surface area contributed by atoms with Crippen LogP contribution in [0, 0.1) is 5.92 Å². The van der Waals surface area contributed by atoms with Gasteiger partial charge in [-0.2, -0.15) is 0 Å². The van der Waals surface area contributed by atoms with Crippen molar-refractivity contribution < 1.29 is 5.11 Å². The molecule has 0 amide bonds. The third-order valence-electron chi connectivity index (χ3n) is 2.45. The van der Waals surface area contributed by atoms with Crippen LogP contribution >= 0.6 is 11.6 Å². The number of hydrogen-bond acceptors (Lipinski definition) is 2. The standard InChI is InChI=1S/C10H12ClNO/c11-9-3-1-2-7(4-9)10(13)8-5-12-6-8/h1-4,8,10,12-13H,5-6H2. The Bertz CT molecular complexity index is 299. The van der Waals surface area contributed by atoms with Crippen LogP contribution in [0.5, 0.6) is 0 Å². The van der Waals surface area contributed by atoms with Gasteiger partial charge in [-0.15, -0.1) is 0 Å². The lowest BCUT2D eigenvalue weighted by Gasteiger charge is -2.31. The van der Waals surface area contributed by atoms with Crippen molar-refractivity contribution in [3.63, 3.8) is 0 Å². The predicted molar refractivity (Wildman–Crippen MR) is 52.8 cm³/mol. The molecule has 70 valence electrons. The number of aliphatic hydroxyl groups is 1. The Kier molecular flexibility index (Phi) is 2.54. The minimum absolute atomic E-state index is 0.346. The maximum absolute atomic E-state index is 9.87. The highest BCUT2D eigenvalue weighted by molar-refractivity contribution is 6.30. The van der Waals surface area contributed by atoms with Gasteiger partial charge in [0.15, 0.2) is 0 Å². The van der Waals surface area contributed by atoms with Crippen molar-refractivity contribution in [2.75, 3.05) is 13.1 Å². The summed E-state index contributed by atoms with van der Waals surface area (Å²) in [6, 6.07) is 7.42. The van der Waals surface area contributed by atoms with Crippen LogP contribution in [0.3, 0.4) is 0 Å². The van der Waals surface area contributed by atoms with Crippen molar-refractivity contribution in [1.29, 1.82) is 0 Å². The van der Waals surface area contributed by atoms with Gasteiger partial charge in [0.1, 0.15) is 0 Å². The van der Waals surface area contributed by atoms with E-state index in [4.69, 9.17) is 11.6 Å². The molecule has 0 saturated carbocycles. The lowest BCUT2D eigenvalue weighted by Crippen LogP contribution is -2.45. The zero-order valence-electron chi connectivity index (χ0n) is 7.20. The van der Waals surface area contributed by atoms with Gasteiger partial charge in [0.05, 0.1) is 6.10 Å². The van der Waals surface area contributed by atoms with Crippen LogP contribution in [0.15, 0.2) is 24.3 Å². The van der Waals surface area contributed by atoms with Gasteiger partial charge in [-0.1, -0.05) is 23.7 Å². The van der Waals surface area contributed by atoms with Gasteiger partial charge in [0.2, 0.25) is 0 Å². The van der Waals surface area contributed by atoms with E-state index in [0.29, 0.717) is 10.9 Å². The number of aliphatic hydroxyl groups excluding tert-OH is 1. The van der Waals surface area contributed by atoms with Crippen LogP contribution in [-0.4, -0.2) is 18.2 Å². The van der Waals surface area contributed by atoms with E-state index < -0.39 is 0 Å². The third-order valence-corrected chi connectivity index (χ3v) is 2.68. The van der Waals surface area contributed by atoms with E-state index in [2.05, 4.69) is 5.32 Å². The third kappa shape index (κ3) is 1.85. The highest BCUT2D eigenvalue weighted by Crippen LogP contribution is 2.26. The number of halogens is 1. The highest BCUT2D eigenvalue weighted by Gasteiger charge is 2.26. The van der Waals surface area contributed by atoms with E-state index in [1.807, 2.05) is 24.3 Å². The molecule has 2 N–H and O–H groups in total. The van der Waals surface area contributed by atoms with E-state index in [-0.39, 0.29) is 6.10 Å². The van der Waals surface area contributed by atoms with Crippen molar-refractivity contribution in [1.82, 2.24) is 5.32 Å². The smallest absolute Gasteiger partial charge is 0.0843 e. The summed E-state index contributed by atoms with van der Waals surface area (Å²) in [5.41, 5.74) is 0.916. The topological polar surface area (TPSA) is 32.3 Å². The molecule has 1 aliphatic heterocycles. The molecule has 0 spiro atoms. The Morgan fingerprint density at radius 2 is 2.23 bits per heavy atom. The Morgan fingerprint density at radius 3 is 2.77 bits per heavy atom. The van der Waals surface area contributed by atoms with Crippen LogP contribution in [0.4, 0.5) is 0 Å². The molecule has 1 atom stereocenters. The molecule has 1 unspecified atom stereocenters. The molecule has 1 fully saturated rings. The normalized spacial score (nSPS) is 19.5. The second kappa shape index (κ2) is 3.66. The van der Waals surface area contributed by atoms with Crippen molar-refractivity contribution in [2.45, 2.75) is 6.10 Å². The van der Waals surface area contributed by atoms with Crippen molar-refractivity contribution >= 4 is 11.6 Å². The predicted octanol–water partition coefficient (Wildman–Crippen LogP) is 1.59. The van der Waals surface area contributed by atoms with Crippen LogP contribution in [0.25, 0.3) is 0 Å². The summed E-state index contributed by atoms with van der Waals surface area (Å²) in [5.74, 6) is 0.346. The second-order valence-electron chi connectivity index (χ2n) is 3.42. The van der Waals surface area contributed by atoms with Crippen molar-refractivity contribution in [3.8, 4) is 0 Å². The molecule has 1 heterocycles. The number of nitrogens with one attached hydrogen (secondary N) is 1. The van der Waals surface area contributed by atoms with Gasteiger partial charge in [-0.05, 0) is 17.7 Å². The van der Waals surface area contributed by atoms with Gasteiger partial charge in [0, 0.05) is 24.0 Å². The summed E-state index contributed by atoms with van der Waals surface area (Å²) in [6.45, 7) is 1.79. The molecule has 1 aromatic rings. The summed E-state index contributed by atoms with van der Waals surface area (Å²) in [7, 11) is 0. The SMILES string of the molecule is OC(c1cccc(Cl)c1)C1CNC1. The molecule has 1 aliphatic rings. The number of rotatable bonds is 2. The monoisotopic (exact) mass is 197 g/mol. The average Bonchev–Trinajstić information content (AvgIpc) is 2.01. The quantitative estimate of drug-likeness (QED) is 0.755. The lowest BCUT2D eigenvalue weighted by atomic mass is 9.91. The summed E-state index contributed by atoms with van der Waals surface area (Å²) in [5, 5.41) is 13.7. The Morgan fingerprint density at radius 1 is 1.46 bits per heavy atom. The van der Waals surface area contributed by atoms with Gasteiger partial charge in [-0.3, -0.25) is 0 Å². The van der Waals surface area contributed by atoms with Crippen molar-refractivity contribution in [2.24, 2.45) is 5.92 Å². The van der Waals surface area contributed by atoms with E-state index >= 15 is 0 Å². The Balaban J connectivity index is 2.14. The first kappa shape index (κ1) is 9.00. The number of benzene rings is 1. The largest absolute Gasteiger partial charge is 0.388 e. The summed E-state index contributed by atoms with van der Waals surface area (Å²) < 4.78 is 0. The second-order valence-corrected chi connectivity index (χ2v) is 3.85. The first-order valence-electron chi connectivity index (χ1n) is 4.41. The fourth-order valence-electron chi connectivity index (χ4n) is 1.50. The first-order valence-corrected chi connectivity index (χ1v) is 4.79. The molecule has 2 nitrogen and oxygen atoms in total.